The van der Waals surface area contributed by atoms with E-state index >= 15 is 0 Å². The Morgan fingerprint density at radius 3 is 2.36 bits per heavy atom. The van der Waals surface area contributed by atoms with Crippen molar-refractivity contribution < 1.29 is 38.3 Å². The first kappa shape index (κ1) is 28.4. The van der Waals surface area contributed by atoms with E-state index in [1.54, 1.807) is 13.0 Å². The fraction of sp³-hybridized carbons (Fsp3) is 0.400. The minimum absolute atomic E-state index is 0.0130. The van der Waals surface area contributed by atoms with Gasteiger partial charge in [-0.15, -0.1) is 6.58 Å². The SMILES string of the molecule is C=CCOCCOC(=O)C1=C(C)NC(C=O)=C(C(=O)OCCOCCC)C1c1cccc([N+](=O)[O-])c1. The third kappa shape index (κ3) is 7.59. The van der Waals surface area contributed by atoms with E-state index in [1.807, 2.05) is 6.92 Å². The van der Waals surface area contributed by atoms with Crippen LogP contribution in [-0.2, 0) is 33.3 Å². The van der Waals surface area contributed by atoms with Gasteiger partial charge >= 0.3 is 11.9 Å². The fourth-order valence-electron chi connectivity index (χ4n) is 3.55. The Morgan fingerprint density at radius 2 is 1.75 bits per heavy atom. The van der Waals surface area contributed by atoms with E-state index < -0.39 is 22.8 Å². The topological polar surface area (TPSA) is 143 Å². The lowest BCUT2D eigenvalue weighted by Crippen LogP contribution is -2.34. The maximum Gasteiger partial charge on any atom is 0.337 e. The van der Waals surface area contributed by atoms with Crippen molar-refractivity contribution in [3.8, 4) is 0 Å². The molecule has 0 bridgehead atoms. The summed E-state index contributed by atoms with van der Waals surface area (Å²) >= 11 is 0. The van der Waals surface area contributed by atoms with Gasteiger partial charge in [-0.3, -0.25) is 14.9 Å². The molecule has 1 N–H and O–H groups in total. The highest BCUT2D eigenvalue weighted by atomic mass is 16.6. The molecule has 0 aliphatic carbocycles. The summed E-state index contributed by atoms with van der Waals surface area (Å²) in [6, 6.07) is 5.48. The highest BCUT2D eigenvalue weighted by Gasteiger charge is 2.39. The zero-order valence-corrected chi connectivity index (χ0v) is 20.3. The van der Waals surface area contributed by atoms with Crippen LogP contribution in [0.25, 0.3) is 0 Å². The molecule has 1 aliphatic rings. The van der Waals surface area contributed by atoms with Crippen LogP contribution in [-0.4, -0.2) is 62.8 Å². The highest BCUT2D eigenvalue weighted by molar-refractivity contribution is 6.03. The number of carbonyl (C=O) groups excluding carboxylic acids is 3. The van der Waals surface area contributed by atoms with Crippen molar-refractivity contribution in [2.45, 2.75) is 26.2 Å². The molecule has 2 rings (SSSR count). The number of nitrogens with one attached hydrogen (secondary N) is 1. The number of dihydropyridines is 1. The number of nitro groups is 1. The number of rotatable bonds is 15. The van der Waals surface area contributed by atoms with E-state index in [2.05, 4.69) is 11.9 Å². The van der Waals surface area contributed by atoms with Crippen LogP contribution in [0.2, 0.25) is 0 Å². The second-order valence-electron chi connectivity index (χ2n) is 7.64. The van der Waals surface area contributed by atoms with Gasteiger partial charge in [-0.1, -0.05) is 25.1 Å². The van der Waals surface area contributed by atoms with Gasteiger partial charge in [0.15, 0.2) is 6.29 Å². The van der Waals surface area contributed by atoms with Crippen molar-refractivity contribution in [1.29, 1.82) is 0 Å². The average molecular weight is 503 g/mol. The van der Waals surface area contributed by atoms with Crippen LogP contribution in [0, 0.1) is 10.1 Å². The lowest BCUT2D eigenvalue weighted by atomic mass is 9.80. The summed E-state index contributed by atoms with van der Waals surface area (Å²) in [4.78, 5) is 49.0. The van der Waals surface area contributed by atoms with Crippen LogP contribution in [0.5, 0.6) is 0 Å². The van der Waals surface area contributed by atoms with Gasteiger partial charge in [-0.25, -0.2) is 9.59 Å². The number of esters is 2. The van der Waals surface area contributed by atoms with Gasteiger partial charge in [-0.05, 0) is 18.9 Å². The van der Waals surface area contributed by atoms with Crippen molar-refractivity contribution in [3.63, 3.8) is 0 Å². The number of non-ortho nitro benzene ring substituents is 1. The molecule has 11 heteroatoms. The minimum atomic E-state index is -1.16. The third-order valence-electron chi connectivity index (χ3n) is 5.07. The zero-order chi connectivity index (χ0) is 26.5. The summed E-state index contributed by atoms with van der Waals surface area (Å²) < 4.78 is 21.2. The Bertz CT molecular complexity index is 1050. The van der Waals surface area contributed by atoms with Crippen molar-refractivity contribution in [2.24, 2.45) is 0 Å². The van der Waals surface area contributed by atoms with E-state index in [0.717, 1.165) is 6.42 Å². The second kappa shape index (κ2) is 14.5. The number of hydrogen-bond acceptors (Lipinski definition) is 10. The molecule has 0 amide bonds. The summed E-state index contributed by atoms with van der Waals surface area (Å²) in [5, 5.41) is 14.2. The quantitative estimate of drug-likeness (QED) is 0.0949. The van der Waals surface area contributed by atoms with Gasteiger partial charge in [0.2, 0.25) is 0 Å². The number of aldehydes is 1. The monoisotopic (exact) mass is 502 g/mol. The van der Waals surface area contributed by atoms with Gasteiger partial charge in [0.05, 0.1) is 47.5 Å². The molecular weight excluding hydrogens is 472 g/mol. The molecule has 11 nitrogen and oxygen atoms in total. The number of nitrogens with zero attached hydrogens (tertiary/aromatic N) is 1. The van der Waals surface area contributed by atoms with E-state index in [-0.39, 0.29) is 66.8 Å². The van der Waals surface area contributed by atoms with E-state index in [1.165, 1.54) is 24.3 Å². The van der Waals surface area contributed by atoms with Gasteiger partial charge in [0, 0.05) is 24.4 Å². The first-order valence-corrected chi connectivity index (χ1v) is 11.4. The standard InChI is InChI=1S/C25H30N2O9/c1-4-9-33-11-13-35-24(29)21-17(3)26-20(16-28)23(25(30)36-14-12-34-10-5-2)22(21)18-7-6-8-19(15-18)27(31)32/h4,6-8,15-16,22,26H,1,5,9-14H2,2-3H3. The largest absolute Gasteiger partial charge is 0.460 e. The first-order chi connectivity index (χ1) is 17.3. The molecule has 0 spiro atoms. The third-order valence-corrected chi connectivity index (χ3v) is 5.07. The van der Waals surface area contributed by atoms with Crippen molar-refractivity contribution >= 4 is 23.9 Å². The van der Waals surface area contributed by atoms with E-state index in [9.17, 15) is 24.5 Å². The molecule has 0 saturated carbocycles. The summed E-state index contributed by atoms with van der Waals surface area (Å²) in [5.74, 6) is -2.80. The molecular formula is C25H30N2O9. The lowest BCUT2D eigenvalue weighted by Gasteiger charge is -2.29. The van der Waals surface area contributed by atoms with Crippen LogP contribution >= 0.6 is 0 Å². The Balaban J connectivity index is 2.45. The number of hydrogen-bond donors (Lipinski definition) is 1. The Kier molecular flexibility index (Phi) is 11.5. The summed E-state index contributed by atoms with van der Waals surface area (Å²) in [6.45, 7) is 7.88. The van der Waals surface area contributed by atoms with Crippen LogP contribution in [0.4, 0.5) is 5.69 Å². The second-order valence-corrected chi connectivity index (χ2v) is 7.64. The van der Waals surface area contributed by atoms with Crippen LogP contribution in [0.1, 0.15) is 31.7 Å². The zero-order valence-electron chi connectivity index (χ0n) is 20.3. The minimum Gasteiger partial charge on any atom is -0.460 e. The Labute approximate surface area is 208 Å². The summed E-state index contributed by atoms with van der Waals surface area (Å²) in [6.07, 6.45) is 2.78. The molecule has 194 valence electrons. The number of ether oxygens (including phenoxy) is 4. The van der Waals surface area contributed by atoms with Crippen molar-refractivity contribution in [1.82, 2.24) is 5.32 Å². The molecule has 36 heavy (non-hydrogen) atoms. The molecule has 1 aromatic rings. The molecule has 1 atom stereocenters. The van der Waals surface area contributed by atoms with Gasteiger partial charge < -0.3 is 24.3 Å². The molecule has 1 aliphatic heterocycles. The summed E-state index contributed by atoms with van der Waals surface area (Å²) in [5.41, 5.74) is -0.0146. The molecule has 1 aromatic carbocycles. The smallest absolute Gasteiger partial charge is 0.337 e. The highest BCUT2D eigenvalue weighted by Crippen LogP contribution is 2.39. The molecule has 0 aromatic heterocycles. The normalized spacial score (nSPS) is 15.2. The Hall–Kier alpha value is -3.83. The number of allylic oxidation sites excluding steroid dienone is 2. The molecule has 1 unspecified atom stereocenters. The predicted octanol–water partition coefficient (Wildman–Crippen LogP) is 2.72. The number of benzene rings is 1. The number of nitro benzene ring substituents is 1. The maximum absolute atomic E-state index is 13.1. The van der Waals surface area contributed by atoms with Gasteiger partial charge in [-0.2, -0.15) is 0 Å². The van der Waals surface area contributed by atoms with Crippen LogP contribution in [0.15, 0.2) is 59.5 Å². The van der Waals surface area contributed by atoms with Gasteiger partial charge in [0.1, 0.15) is 13.2 Å². The molecule has 0 fully saturated rings. The predicted molar refractivity (Wildman–Crippen MR) is 129 cm³/mol. The van der Waals surface area contributed by atoms with Crippen LogP contribution in [0.3, 0.4) is 0 Å². The van der Waals surface area contributed by atoms with E-state index in [0.29, 0.717) is 12.9 Å². The van der Waals surface area contributed by atoms with Crippen molar-refractivity contribution in [3.05, 3.63) is 75.1 Å². The number of carbonyl (C=O) groups is 3. The maximum atomic E-state index is 13.1. The summed E-state index contributed by atoms with van der Waals surface area (Å²) in [7, 11) is 0. The van der Waals surface area contributed by atoms with E-state index in [4.69, 9.17) is 18.9 Å². The lowest BCUT2D eigenvalue weighted by molar-refractivity contribution is -0.384. The average Bonchev–Trinajstić information content (AvgIpc) is 2.87. The van der Waals surface area contributed by atoms with Gasteiger partial charge in [0.25, 0.3) is 5.69 Å². The Morgan fingerprint density at radius 1 is 1.08 bits per heavy atom. The molecule has 0 radical (unpaired) electrons. The van der Waals surface area contributed by atoms with Crippen molar-refractivity contribution in [2.75, 3.05) is 39.6 Å². The molecule has 1 heterocycles. The fourth-order valence-corrected chi connectivity index (χ4v) is 3.55. The first-order valence-electron chi connectivity index (χ1n) is 11.4. The molecule has 0 saturated heterocycles. The van der Waals surface area contributed by atoms with Crippen LogP contribution < -0.4 is 5.32 Å².